The number of hydrogen-bond donors (Lipinski definition) is 1. The van der Waals surface area contributed by atoms with Crippen molar-refractivity contribution in [2.24, 2.45) is 5.92 Å². The van der Waals surface area contributed by atoms with Crippen LogP contribution in [-0.2, 0) is 0 Å². The smallest absolute Gasteiger partial charge is 0.0104 e. The minimum Gasteiger partial charge on any atom is -0.317 e. The van der Waals surface area contributed by atoms with Gasteiger partial charge in [0.1, 0.15) is 0 Å². The summed E-state index contributed by atoms with van der Waals surface area (Å²) >= 11 is 0. The topological polar surface area (TPSA) is 18.5 Å². The maximum absolute atomic E-state index is 3.54. The van der Waals surface area contributed by atoms with E-state index in [9.17, 15) is 0 Å². The highest BCUT2D eigenvalue weighted by atomic mass is 15.1. The monoisotopic (exact) mass is 255 g/mol. The predicted octanol–water partition coefficient (Wildman–Crippen LogP) is 2.04. The van der Waals surface area contributed by atoms with Crippen LogP contribution in [0.3, 0.4) is 0 Å². The summed E-state index contributed by atoms with van der Waals surface area (Å²) in [5, 5.41) is 3.54. The Balaban J connectivity index is 2.28. The Morgan fingerprint density at radius 3 is 2.39 bits per heavy atom. The molecule has 0 amide bonds. The molecule has 0 saturated heterocycles. The molecule has 0 radical (unpaired) electrons. The van der Waals surface area contributed by atoms with Crippen molar-refractivity contribution in [1.29, 1.82) is 0 Å². The van der Waals surface area contributed by atoms with Crippen molar-refractivity contribution in [2.45, 2.75) is 44.6 Å². The molecule has 1 saturated carbocycles. The zero-order valence-electron chi connectivity index (χ0n) is 12.9. The van der Waals surface area contributed by atoms with Crippen LogP contribution in [0, 0.1) is 5.92 Å². The number of hydrogen-bond acceptors (Lipinski definition) is 3. The van der Waals surface area contributed by atoms with E-state index in [4.69, 9.17) is 0 Å². The molecule has 2 unspecified atom stereocenters. The van der Waals surface area contributed by atoms with Gasteiger partial charge >= 0.3 is 0 Å². The van der Waals surface area contributed by atoms with E-state index in [-0.39, 0.29) is 0 Å². The summed E-state index contributed by atoms with van der Waals surface area (Å²) in [6.45, 7) is 3.69. The summed E-state index contributed by atoms with van der Waals surface area (Å²) in [7, 11) is 8.73. The first-order valence-corrected chi connectivity index (χ1v) is 7.64. The summed E-state index contributed by atoms with van der Waals surface area (Å²) in [5.41, 5.74) is 0. The first-order chi connectivity index (χ1) is 8.63. The van der Waals surface area contributed by atoms with Gasteiger partial charge in [0, 0.05) is 12.6 Å². The molecule has 2 atom stereocenters. The van der Waals surface area contributed by atoms with E-state index in [1.54, 1.807) is 0 Å². The quantitative estimate of drug-likeness (QED) is 0.702. The molecule has 1 aliphatic rings. The number of nitrogens with zero attached hydrogens (tertiary/aromatic N) is 2. The standard InChI is InChI=1S/C15H33N3/c1-16-15-10-7-5-6-9-14(15)13-18(4)12-8-11-17(2)3/h14-16H,5-13H2,1-4H3. The molecule has 1 N–H and O–H groups in total. The van der Waals surface area contributed by atoms with Crippen molar-refractivity contribution in [3.8, 4) is 0 Å². The van der Waals surface area contributed by atoms with Crippen molar-refractivity contribution in [1.82, 2.24) is 15.1 Å². The van der Waals surface area contributed by atoms with Crippen LogP contribution in [-0.4, -0.2) is 63.7 Å². The molecule has 0 aliphatic heterocycles. The van der Waals surface area contributed by atoms with Crippen molar-refractivity contribution in [3.05, 3.63) is 0 Å². The Bertz CT molecular complexity index is 206. The number of rotatable bonds is 7. The average Bonchev–Trinajstić information content (AvgIpc) is 2.53. The fraction of sp³-hybridized carbons (Fsp3) is 1.00. The molecule has 0 heterocycles. The molecule has 0 spiro atoms. The van der Waals surface area contributed by atoms with E-state index in [0.717, 1.165) is 12.0 Å². The van der Waals surface area contributed by atoms with E-state index in [2.05, 4.69) is 43.3 Å². The van der Waals surface area contributed by atoms with Gasteiger partial charge in [-0.3, -0.25) is 0 Å². The highest BCUT2D eigenvalue weighted by molar-refractivity contribution is 4.80. The Labute approximate surface area is 114 Å². The van der Waals surface area contributed by atoms with Gasteiger partial charge in [-0.1, -0.05) is 19.3 Å². The van der Waals surface area contributed by atoms with Crippen LogP contribution < -0.4 is 5.32 Å². The molecule has 0 bridgehead atoms. The Morgan fingerprint density at radius 1 is 1.00 bits per heavy atom. The van der Waals surface area contributed by atoms with Crippen LogP contribution in [0.5, 0.6) is 0 Å². The fourth-order valence-corrected chi connectivity index (χ4v) is 3.13. The van der Waals surface area contributed by atoms with E-state index in [1.807, 2.05) is 0 Å². The van der Waals surface area contributed by atoms with Gasteiger partial charge in [-0.05, 0) is 66.5 Å². The lowest BCUT2D eigenvalue weighted by atomic mass is 9.94. The summed E-state index contributed by atoms with van der Waals surface area (Å²) in [5.74, 6) is 0.849. The van der Waals surface area contributed by atoms with Crippen molar-refractivity contribution in [3.63, 3.8) is 0 Å². The van der Waals surface area contributed by atoms with Gasteiger partial charge < -0.3 is 15.1 Å². The van der Waals surface area contributed by atoms with Crippen LogP contribution in [0.1, 0.15) is 38.5 Å². The maximum Gasteiger partial charge on any atom is 0.0104 e. The zero-order valence-corrected chi connectivity index (χ0v) is 12.9. The van der Waals surface area contributed by atoms with Gasteiger partial charge in [0.2, 0.25) is 0 Å². The van der Waals surface area contributed by atoms with Crippen LogP contribution in [0.25, 0.3) is 0 Å². The van der Waals surface area contributed by atoms with Gasteiger partial charge in [0.05, 0.1) is 0 Å². The summed E-state index contributed by atoms with van der Waals surface area (Å²) < 4.78 is 0. The summed E-state index contributed by atoms with van der Waals surface area (Å²) in [6, 6.07) is 0.740. The zero-order chi connectivity index (χ0) is 13.4. The molecule has 1 fully saturated rings. The van der Waals surface area contributed by atoms with Gasteiger partial charge in [-0.25, -0.2) is 0 Å². The summed E-state index contributed by atoms with van der Waals surface area (Å²) in [4.78, 5) is 4.81. The van der Waals surface area contributed by atoms with Gasteiger partial charge in [0.15, 0.2) is 0 Å². The highest BCUT2D eigenvalue weighted by Gasteiger charge is 2.23. The molecule has 3 nitrogen and oxygen atoms in total. The van der Waals surface area contributed by atoms with Gasteiger partial charge in [0.25, 0.3) is 0 Å². The predicted molar refractivity (Wildman–Crippen MR) is 80.1 cm³/mol. The lowest BCUT2D eigenvalue weighted by molar-refractivity contribution is 0.220. The molecular weight excluding hydrogens is 222 g/mol. The highest BCUT2D eigenvalue weighted by Crippen LogP contribution is 2.24. The molecule has 0 aromatic rings. The molecular formula is C15H33N3. The normalized spacial score (nSPS) is 25.7. The maximum atomic E-state index is 3.54. The number of nitrogens with one attached hydrogen (secondary N) is 1. The van der Waals surface area contributed by atoms with Gasteiger partial charge in [-0.15, -0.1) is 0 Å². The minimum atomic E-state index is 0.740. The second-order valence-electron chi connectivity index (χ2n) is 6.21. The third-order valence-corrected chi connectivity index (χ3v) is 4.22. The Kier molecular flexibility index (Phi) is 7.87. The van der Waals surface area contributed by atoms with Crippen molar-refractivity contribution < 1.29 is 0 Å². The SMILES string of the molecule is CNC1CCCCCC1CN(C)CCCN(C)C. The third kappa shape index (κ3) is 6.17. The largest absolute Gasteiger partial charge is 0.317 e. The molecule has 1 rings (SSSR count). The average molecular weight is 255 g/mol. The van der Waals surface area contributed by atoms with Crippen LogP contribution in [0.15, 0.2) is 0 Å². The van der Waals surface area contributed by atoms with E-state index >= 15 is 0 Å². The van der Waals surface area contributed by atoms with Gasteiger partial charge in [-0.2, -0.15) is 0 Å². The fourth-order valence-electron chi connectivity index (χ4n) is 3.13. The second kappa shape index (κ2) is 8.89. The molecule has 3 heteroatoms. The van der Waals surface area contributed by atoms with E-state index in [1.165, 1.54) is 58.2 Å². The Hall–Kier alpha value is -0.120. The van der Waals surface area contributed by atoms with Crippen LogP contribution >= 0.6 is 0 Å². The second-order valence-corrected chi connectivity index (χ2v) is 6.21. The lowest BCUT2D eigenvalue weighted by Gasteiger charge is -2.29. The molecule has 0 aromatic heterocycles. The van der Waals surface area contributed by atoms with Crippen LogP contribution in [0.2, 0.25) is 0 Å². The first-order valence-electron chi connectivity index (χ1n) is 7.64. The third-order valence-electron chi connectivity index (χ3n) is 4.22. The van der Waals surface area contributed by atoms with E-state index < -0.39 is 0 Å². The van der Waals surface area contributed by atoms with Crippen LogP contribution in [0.4, 0.5) is 0 Å². The minimum absolute atomic E-state index is 0.740. The van der Waals surface area contributed by atoms with E-state index in [0.29, 0.717) is 0 Å². The molecule has 1 aliphatic carbocycles. The van der Waals surface area contributed by atoms with Crippen molar-refractivity contribution >= 4 is 0 Å². The lowest BCUT2D eigenvalue weighted by Crippen LogP contribution is -2.39. The molecule has 108 valence electrons. The molecule has 0 aromatic carbocycles. The summed E-state index contributed by atoms with van der Waals surface area (Å²) in [6.07, 6.45) is 8.32. The van der Waals surface area contributed by atoms with Crippen molar-refractivity contribution in [2.75, 3.05) is 47.8 Å². The Morgan fingerprint density at radius 2 is 1.72 bits per heavy atom. The first kappa shape index (κ1) is 15.9. The molecule has 18 heavy (non-hydrogen) atoms.